The summed E-state index contributed by atoms with van der Waals surface area (Å²) in [4.78, 5) is 14.4. The molecule has 1 aromatic carbocycles. The average Bonchev–Trinajstić information content (AvgIpc) is 2.68. The molecule has 0 radical (unpaired) electrons. The number of carbonyl (C=O) groups is 1. The van der Waals surface area contributed by atoms with Gasteiger partial charge in [-0.3, -0.25) is 9.69 Å². The monoisotopic (exact) mass is 259 g/mol. The molecule has 1 aliphatic carbocycles. The van der Waals surface area contributed by atoms with Crippen molar-refractivity contribution >= 4 is 5.78 Å². The van der Waals surface area contributed by atoms with Crippen LogP contribution < -0.4 is 0 Å². The molecule has 1 aliphatic rings. The topological polar surface area (TPSA) is 20.3 Å². The van der Waals surface area contributed by atoms with Crippen LogP contribution in [0, 0.1) is 0 Å². The van der Waals surface area contributed by atoms with E-state index in [4.69, 9.17) is 0 Å². The average molecular weight is 259 g/mol. The number of rotatable bonds is 5. The van der Waals surface area contributed by atoms with Crippen molar-refractivity contribution in [2.45, 2.75) is 51.0 Å². The molecule has 19 heavy (non-hydrogen) atoms. The predicted molar refractivity (Wildman–Crippen MR) is 79.3 cm³/mol. The van der Waals surface area contributed by atoms with Crippen LogP contribution in [0.3, 0.4) is 0 Å². The Morgan fingerprint density at radius 1 is 1.11 bits per heavy atom. The summed E-state index contributed by atoms with van der Waals surface area (Å²) in [5, 5.41) is 0. The minimum Gasteiger partial charge on any atom is -0.298 e. The van der Waals surface area contributed by atoms with E-state index in [9.17, 15) is 4.79 Å². The van der Waals surface area contributed by atoms with E-state index in [2.05, 4.69) is 11.9 Å². The largest absolute Gasteiger partial charge is 0.298 e. The van der Waals surface area contributed by atoms with Gasteiger partial charge in [-0.25, -0.2) is 0 Å². The minimum atomic E-state index is 0.331. The van der Waals surface area contributed by atoms with Crippen molar-refractivity contribution in [3.8, 4) is 0 Å². The number of Topliss-reactive ketones (excluding diaryl/α,β-unsaturated/α-hetero) is 1. The van der Waals surface area contributed by atoms with Gasteiger partial charge in [-0.15, -0.1) is 0 Å². The van der Waals surface area contributed by atoms with Crippen LogP contribution in [-0.4, -0.2) is 30.3 Å². The predicted octanol–water partition coefficient (Wildman–Crippen LogP) is 3.45. The highest BCUT2D eigenvalue weighted by atomic mass is 16.1. The lowest BCUT2D eigenvalue weighted by Crippen LogP contribution is -2.36. The van der Waals surface area contributed by atoms with Crippen LogP contribution in [0.4, 0.5) is 0 Å². The maximum atomic E-state index is 12.1. The molecule has 0 aliphatic heterocycles. The van der Waals surface area contributed by atoms with Gasteiger partial charge < -0.3 is 0 Å². The van der Waals surface area contributed by atoms with Crippen molar-refractivity contribution in [1.82, 2.24) is 4.90 Å². The number of nitrogens with zero attached hydrogens (tertiary/aromatic N) is 1. The number of ketones is 1. The van der Waals surface area contributed by atoms with Gasteiger partial charge in [0.1, 0.15) is 0 Å². The van der Waals surface area contributed by atoms with Gasteiger partial charge in [-0.05, 0) is 25.5 Å². The third kappa shape index (κ3) is 4.79. The molecular weight excluding hydrogens is 234 g/mol. The van der Waals surface area contributed by atoms with Crippen molar-refractivity contribution < 1.29 is 4.79 Å². The van der Waals surface area contributed by atoms with Gasteiger partial charge >= 0.3 is 0 Å². The summed E-state index contributed by atoms with van der Waals surface area (Å²) >= 11 is 0. The lowest BCUT2D eigenvalue weighted by atomic mass is 10.1. The Bertz CT molecular complexity index is 380. The molecule has 1 fully saturated rings. The van der Waals surface area contributed by atoms with Gasteiger partial charge in [0.2, 0.25) is 0 Å². The molecule has 2 rings (SSSR count). The summed E-state index contributed by atoms with van der Waals surface area (Å²) in [7, 11) is 2.11. The summed E-state index contributed by atoms with van der Waals surface area (Å²) < 4.78 is 0. The minimum absolute atomic E-state index is 0.331. The summed E-state index contributed by atoms with van der Waals surface area (Å²) in [6.45, 7) is 0.597. The number of carbonyl (C=O) groups excluding carboxylic acids is 1. The number of hydrogen-bond acceptors (Lipinski definition) is 2. The highest BCUT2D eigenvalue weighted by Crippen LogP contribution is 2.20. The van der Waals surface area contributed by atoms with Crippen LogP contribution in [0.1, 0.15) is 44.1 Å². The first-order valence-electron chi connectivity index (χ1n) is 7.51. The van der Waals surface area contributed by atoms with Crippen molar-refractivity contribution in [2.24, 2.45) is 0 Å². The molecule has 0 unspecified atom stereocenters. The first-order chi connectivity index (χ1) is 9.25. The zero-order chi connectivity index (χ0) is 13.5. The Kier molecular flexibility index (Phi) is 5.59. The fourth-order valence-corrected chi connectivity index (χ4v) is 2.99. The fraction of sp³-hybridized carbons (Fsp3) is 0.588. The second kappa shape index (κ2) is 7.44. The summed E-state index contributed by atoms with van der Waals surface area (Å²) in [6.07, 6.45) is 8.45. The van der Waals surface area contributed by atoms with Gasteiger partial charge in [-0.2, -0.15) is 0 Å². The molecular formula is C17H25NO. The fourth-order valence-electron chi connectivity index (χ4n) is 2.99. The zero-order valence-corrected chi connectivity index (χ0v) is 12.0. The maximum Gasteiger partial charge on any atom is 0.151 e. The molecule has 0 amide bonds. The number of hydrogen-bond donors (Lipinski definition) is 0. The molecule has 1 saturated carbocycles. The van der Waals surface area contributed by atoms with Crippen LogP contribution in [0.25, 0.3) is 0 Å². The molecule has 0 atom stereocenters. The lowest BCUT2D eigenvalue weighted by molar-refractivity contribution is -0.119. The Balaban J connectivity index is 1.80. The standard InChI is InChI=1S/C17H25NO/c1-18(16-11-7-2-3-8-12-16)14-17(19)13-15-9-5-4-6-10-15/h4-6,9-10,16H,2-3,7-8,11-14H2,1H3. The number of benzene rings is 1. The van der Waals surface area contributed by atoms with E-state index in [0.29, 0.717) is 24.8 Å². The highest BCUT2D eigenvalue weighted by Gasteiger charge is 2.18. The second-order valence-electron chi connectivity index (χ2n) is 5.76. The lowest BCUT2D eigenvalue weighted by Gasteiger charge is -2.26. The van der Waals surface area contributed by atoms with E-state index in [1.165, 1.54) is 38.5 Å². The first kappa shape index (κ1) is 14.3. The van der Waals surface area contributed by atoms with E-state index in [1.54, 1.807) is 0 Å². The van der Waals surface area contributed by atoms with Gasteiger partial charge in [0.15, 0.2) is 5.78 Å². The molecule has 2 heteroatoms. The van der Waals surface area contributed by atoms with Crippen molar-refractivity contribution in [3.63, 3.8) is 0 Å². The van der Waals surface area contributed by atoms with Crippen LogP contribution in [-0.2, 0) is 11.2 Å². The molecule has 104 valence electrons. The normalized spacial score (nSPS) is 17.4. The van der Waals surface area contributed by atoms with Crippen LogP contribution >= 0.6 is 0 Å². The molecule has 0 aromatic heterocycles. The molecule has 0 N–H and O–H groups in total. The first-order valence-corrected chi connectivity index (χ1v) is 7.51. The SMILES string of the molecule is CN(CC(=O)Cc1ccccc1)C1CCCCCC1. The third-order valence-electron chi connectivity index (χ3n) is 4.12. The summed E-state index contributed by atoms with van der Waals surface area (Å²) in [5.41, 5.74) is 1.13. The van der Waals surface area contributed by atoms with Gasteiger partial charge in [0.25, 0.3) is 0 Å². The van der Waals surface area contributed by atoms with E-state index in [0.717, 1.165) is 5.56 Å². The Labute approximate surface area is 116 Å². The Hall–Kier alpha value is -1.15. The van der Waals surface area contributed by atoms with E-state index in [1.807, 2.05) is 30.3 Å². The van der Waals surface area contributed by atoms with E-state index >= 15 is 0 Å². The van der Waals surface area contributed by atoms with Crippen molar-refractivity contribution in [3.05, 3.63) is 35.9 Å². The van der Waals surface area contributed by atoms with Crippen LogP contribution in [0.15, 0.2) is 30.3 Å². The number of likely N-dealkylation sites (N-methyl/N-ethyl adjacent to an activating group) is 1. The third-order valence-corrected chi connectivity index (χ3v) is 4.12. The maximum absolute atomic E-state index is 12.1. The van der Waals surface area contributed by atoms with Crippen LogP contribution in [0.2, 0.25) is 0 Å². The van der Waals surface area contributed by atoms with Crippen molar-refractivity contribution in [1.29, 1.82) is 0 Å². The van der Waals surface area contributed by atoms with E-state index < -0.39 is 0 Å². The quantitative estimate of drug-likeness (QED) is 0.755. The van der Waals surface area contributed by atoms with Crippen LogP contribution in [0.5, 0.6) is 0 Å². The second-order valence-corrected chi connectivity index (χ2v) is 5.76. The van der Waals surface area contributed by atoms with Gasteiger partial charge in [0, 0.05) is 12.5 Å². The summed E-state index contributed by atoms with van der Waals surface area (Å²) in [6, 6.07) is 10.7. The Morgan fingerprint density at radius 3 is 2.37 bits per heavy atom. The van der Waals surface area contributed by atoms with Crippen molar-refractivity contribution in [2.75, 3.05) is 13.6 Å². The smallest absolute Gasteiger partial charge is 0.151 e. The van der Waals surface area contributed by atoms with Gasteiger partial charge in [-0.1, -0.05) is 56.0 Å². The molecule has 0 bridgehead atoms. The molecule has 0 heterocycles. The molecule has 0 spiro atoms. The highest BCUT2D eigenvalue weighted by molar-refractivity contribution is 5.82. The Morgan fingerprint density at radius 2 is 1.74 bits per heavy atom. The molecule has 2 nitrogen and oxygen atoms in total. The zero-order valence-electron chi connectivity index (χ0n) is 12.0. The molecule has 1 aromatic rings. The summed E-state index contributed by atoms with van der Waals surface area (Å²) in [5.74, 6) is 0.331. The van der Waals surface area contributed by atoms with E-state index in [-0.39, 0.29) is 0 Å². The molecule has 0 saturated heterocycles. The van der Waals surface area contributed by atoms with Gasteiger partial charge in [0.05, 0.1) is 6.54 Å².